The molecule has 1 fully saturated rings. The highest BCUT2D eigenvalue weighted by molar-refractivity contribution is 9.11. The third kappa shape index (κ3) is 2.70. The minimum Gasteiger partial charge on any atom is -0.393 e. The van der Waals surface area contributed by atoms with E-state index in [0.717, 1.165) is 6.20 Å². The predicted molar refractivity (Wildman–Crippen MR) is 71.7 cm³/mol. The Hall–Kier alpha value is -1.39. The van der Waals surface area contributed by atoms with E-state index in [-0.39, 0.29) is 11.4 Å². The minimum absolute atomic E-state index is 0.133. The first-order valence-electron chi connectivity index (χ1n) is 5.76. The molecule has 3 N–H and O–H groups in total. The van der Waals surface area contributed by atoms with Crippen molar-refractivity contribution in [2.24, 2.45) is 0 Å². The molecule has 0 aliphatic carbocycles. The first-order valence-corrected chi connectivity index (χ1v) is 6.68. The lowest BCUT2D eigenvalue weighted by molar-refractivity contribution is -0.111. The molecule has 1 aliphatic heterocycles. The van der Waals surface area contributed by atoms with Crippen LogP contribution in [-0.4, -0.2) is 39.5 Å². The van der Waals surface area contributed by atoms with Crippen molar-refractivity contribution >= 4 is 27.8 Å². The lowest BCUT2D eigenvalue weighted by Crippen LogP contribution is -2.39. The van der Waals surface area contributed by atoms with Crippen molar-refractivity contribution in [3.63, 3.8) is 0 Å². The lowest BCUT2D eigenvalue weighted by Gasteiger charge is -2.17. The quantitative estimate of drug-likeness (QED) is 0.831. The van der Waals surface area contributed by atoms with Crippen molar-refractivity contribution in [2.45, 2.75) is 24.4 Å². The molecule has 21 heavy (non-hydrogen) atoms. The van der Waals surface area contributed by atoms with E-state index in [1.807, 2.05) is 0 Å². The van der Waals surface area contributed by atoms with Gasteiger partial charge in [0.05, 0.1) is 6.61 Å². The smallest absolute Gasteiger partial charge is 0.351 e. The van der Waals surface area contributed by atoms with Crippen LogP contribution in [0.5, 0.6) is 0 Å². The normalized spacial score (nSPS) is 28.3. The van der Waals surface area contributed by atoms with Crippen molar-refractivity contribution in [1.29, 1.82) is 0 Å². The maximum atomic E-state index is 13.9. The summed E-state index contributed by atoms with van der Waals surface area (Å²) in [6, 6.07) is 0. The van der Waals surface area contributed by atoms with Gasteiger partial charge in [0.2, 0.25) is 6.17 Å². The molecular formula is C11H11BrF3N3O3. The number of alkyl halides is 3. The van der Waals surface area contributed by atoms with Crippen LogP contribution in [0.1, 0.15) is 11.8 Å². The summed E-state index contributed by atoms with van der Waals surface area (Å²) in [5.74, 6) is -4.04. The van der Waals surface area contributed by atoms with Crippen LogP contribution < -0.4 is 11.4 Å². The fourth-order valence-corrected chi connectivity index (χ4v) is 2.23. The van der Waals surface area contributed by atoms with E-state index in [1.54, 1.807) is 0 Å². The third-order valence-corrected chi connectivity index (χ3v) is 3.31. The average Bonchev–Trinajstić information content (AvgIpc) is 2.64. The fraction of sp³-hybridized carbons (Fsp3) is 0.455. The molecule has 0 radical (unpaired) electrons. The van der Waals surface area contributed by atoms with Crippen molar-refractivity contribution in [3.8, 4) is 0 Å². The summed E-state index contributed by atoms with van der Waals surface area (Å²) < 4.78 is 46.3. The molecule has 1 saturated heterocycles. The van der Waals surface area contributed by atoms with Gasteiger partial charge < -0.3 is 15.6 Å². The van der Waals surface area contributed by atoms with Gasteiger partial charge in [0.25, 0.3) is 0 Å². The number of hydrogen-bond donors (Lipinski definition) is 2. The van der Waals surface area contributed by atoms with Gasteiger partial charge in [-0.05, 0) is 11.1 Å². The summed E-state index contributed by atoms with van der Waals surface area (Å²) in [4.78, 5) is 16.6. The Morgan fingerprint density at radius 1 is 1.62 bits per heavy atom. The standard InChI is InChI=1S/C11H11BrF3N3O3/c12-2-1-5-3-18(10(20)17-8(5)16)9-7(13)11(14,15)6(4-19)21-9/h1-3,6-7,9,19H,4H2,(H2,16,17,20)/b2-1+. The summed E-state index contributed by atoms with van der Waals surface area (Å²) >= 11 is 2.99. The SMILES string of the molecule is Nc1nc(=O)n(C2OC(CO)C(F)(F)C2F)cc1/C=C/Br. The largest absolute Gasteiger partial charge is 0.393 e. The molecule has 1 aromatic heterocycles. The first kappa shape index (κ1) is 16.0. The number of hydrogen-bond acceptors (Lipinski definition) is 5. The molecule has 2 heterocycles. The number of ether oxygens (including phenoxy) is 1. The molecule has 0 aromatic carbocycles. The van der Waals surface area contributed by atoms with E-state index in [2.05, 4.69) is 20.9 Å². The monoisotopic (exact) mass is 369 g/mol. The van der Waals surface area contributed by atoms with E-state index in [0.29, 0.717) is 4.57 Å². The van der Waals surface area contributed by atoms with E-state index < -0.39 is 36.7 Å². The molecule has 3 unspecified atom stereocenters. The second-order valence-electron chi connectivity index (χ2n) is 4.34. The van der Waals surface area contributed by atoms with E-state index in [9.17, 15) is 18.0 Å². The molecule has 6 nitrogen and oxygen atoms in total. The zero-order valence-corrected chi connectivity index (χ0v) is 12.0. The van der Waals surface area contributed by atoms with Crippen LogP contribution in [-0.2, 0) is 4.74 Å². The zero-order valence-electron chi connectivity index (χ0n) is 10.4. The summed E-state index contributed by atoms with van der Waals surface area (Å²) in [5.41, 5.74) is 4.69. The molecule has 1 aromatic rings. The van der Waals surface area contributed by atoms with Gasteiger partial charge in [0.1, 0.15) is 11.9 Å². The Balaban J connectivity index is 2.48. The Kier molecular flexibility index (Phi) is 4.40. The van der Waals surface area contributed by atoms with Crippen LogP contribution in [0.2, 0.25) is 0 Å². The number of aliphatic hydroxyl groups is 1. The van der Waals surface area contributed by atoms with Crippen molar-refractivity contribution in [3.05, 3.63) is 27.2 Å². The van der Waals surface area contributed by atoms with Gasteiger partial charge >= 0.3 is 11.6 Å². The summed E-state index contributed by atoms with van der Waals surface area (Å²) in [7, 11) is 0. The second-order valence-corrected chi connectivity index (χ2v) is 4.87. The average molecular weight is 370 g/mol. The second kappa shape index (κ2) is 5.78. The number of nitrogens with zero attached hydrogens (tertiary/aromatic N) is 2. The number of halogens is 4. The minimum atomic E-state index is -3.91. The lowest BCUT2D eigenvalue weighted by atomic mass is 10.1. The first-order chi connectivity index (χ1) is 9.82. The Morgan fingerprint density at radius 3 is 2.81 bits per heavy atom. The van der Waals surface area contributed by atoms with Gasteiger partial charge in [-0.1, -0.05) is 15.9 Å². The van der Waals surface area contributed by atoms with Crippen LogP contribution >= 0.6 is 15.9 Å². The van der Waals surface area contributed by atoms with Gasteiger partial charge in [0, 0.05) is 11.8 Å². The van der Waals surface area contributed by atoms with Crippen LogP contribution in [0.25, 0.3) is 6.08 Å². The van der Waals surface area contributed by atoms with Gasteiger partial charge in [-0.25, -0.2) is 18.0 Å². The highest BCUT2D eigenvalue weighted by Gasteiger charge is 2.60. The molecule has 0 bridgehead atoms. The molecule has 2 rings (SSSR count). The summed E-state index contributed by atoms with van der Waals surface area (Å²) in [5, 5.41) is 8.82. The highest BCUT2D eigenvalue weighted by atomic mass is 79.9. The Morgan fingerprint density at radius 2 is 2.29 bits per heavy atom. The van der Waals surface area contributed by atoms with Gasteiger partial charge in [-0.15, -0.1) is 0 Å². The molecule has 0 saturated carbocycles. The van der Waals surface area contributed by atoms with Crippen LogP contribution in [0.15, 0.2) is 16.0 Å². The third-order valence-electron chi connectivity index (χ3n) is 3.04. The molecule has 3 atom stereocenters. The number of nitrogens with two attached hydrogens (primary N) is 1. The Labute approximate surface area is 125 Å². The summed E-state index contributed by atoms with van der Waals surface area (Å²) in [6.45, 7) is -1.07. The number of rotatable bonds is 3. The van der Waals surface area contributed by atoms with E-state index in [4.69, 9.17) is 15.6 Å². The highest BCUT2D eigenvalue weighted by Crippen LogP contribution is 2.42. The molecule has 0 spiro atoms. The van der Waals surface area contributed by atoms with Crippen LogP contribution in [0.4, 0.5) is 19.0 Å². The molecule has 10 heteroatoms. The van der Waals surface area contributed by atoms with Crippen molar-refractivity contribution < 1.29 is 23.0 Å². The maximum Gasteiger partial charge on any atom is 0.351 e. The number of aromatic nitrogens is 2. The molecular weight excluding hydrogens is 359 g/mol. The molecule has 0 amide bonds. The fourth-order valence-electron chi connectivity index (χ4n) is 1.94. The molecule has 116 valence electrons. The van der Waals surface area contributed by atoms with Crippen molar-refractivity contribution in [1.82, 2.24) is 9.55 Å². The van der Waals surface area contributed by atoms with E-state index in [1.165, 1.54) is 11.1 Å². The van der Waals surface area contributed by atoms with Crippen LogP contribution in [0, 0.1) is 0 Å². The van der Waals surface area contributed by atoms with Gasteiger partial charge in [0.15, 0.2) is 6.23 Å². The number of aliphatic hydroxyl groups excluding tert-OH is 1. The van der Waals surface area contributed by atoms with Crippen molar-refractivity contribution in [2.75, 3.05) is 12.3 Å². The summed E-state index contributed by atoms with van der Waals surface area (Å²) in [6.07, 6.45) is -4.24. The molecule has 1 aliphatic rings. The Bertz CT molecular complexity index is 622. The van der Waals surface area contributed by atoms with E-state index >= 15 is 0 Å². The predicted octanol–water partition coefficient (Wildman–Crippen LogP) is 1.05. The number of nitrogen functional groups attached to an aromatic ring is 1. The van der Waals surface area contributed by atoms with Gasteiger partial charge in [-0.2, -0.15) is 4.98 Å². The maximum absolute atomic E-state index is 13.9. The topological polar surface area (TPSA) is 90.4 Å². The zero-order chi connectivity index (χ0) is 15.8. The number of anilines is 1. The van der Waals surface area contributed by atoms with Gasteiger partial charge in [-0.3, -0.25) is 4.57 Å². The van der Waals surface area contributed by atoms with Crippen LogP contribution in [0.3, 0.4) is 0 Å².